The van der Waals surface area contributed by atoms with Crippen LogP contribution in [0.5, 0.6) is 0 Å². The van der Waals surface area contributed by atoms with Crippen molar-refractivity contribution >= 4 is 28.9 Å². The lowest BCUT2D eigenvalue weighted by Crippen LogP contribution is -2.54. The van der Waals surface area contributed by atoms with Crippen molar-refractivity contribution in [1.29, 1.82) is 0 Å². The fourth-order valence-corrected chi connectivity index (χ4v) is 3.11. The van der Waals surface area contributed by atoms with E-state index in [9.17, 15) is 18.7 Å². The molecule has 0 spiro atoms. The number of rotatable bonds is 4. The zero-order chi connectivity index (χ0) is 16.7. The Kier molecular flexibility index (Phi) is 3.76. The van der Waals surface area contributed by atoms with Crippen molar-refractivity contribution in [3.8, 4) is 0 Å². The minimum absolute atomic E-state index is 0.396. The largest absolute Gasteiger partial charge is 0.481 e. The highest BCUT2D eigenvalue weighted by Gasteiger charge is 2.62. The fourth-order valence-electron chi connectivity index (χ4n) is 2.92. The van der Waals surface area contributed by atoms with E-state index in [1.165, 1.54) is 0 Å². The molecule has 0 aromatic heterocycles. The Hall–Kier alpha value is -2.14. The van der Waals surface area contributed by atoms with Gasteiger partial charge in [0, 0.05) is 29.2 Å². The van der Waals surface area contributed by atoms with Gasteiger partial charge < -0.3 is 10.4 Å². The van der Waals surface area contributed by atoms with Gasteiger partial charge in [0.25, 0.3) is 5.92 Å². The molecule has 0 radical (unpaired) electrons. The third kappa shape index (κ3) is 3.01. The molecule has 0 bridgehead atoms. The lowest BCUT2D eigenvalue weighted by molar-refractivity contribution is -0.174. The first kappa shape index (κ1) is 15.7. The predicted octanol–water partition coefficient (Wildman–Crippen LogP) is 4.84. The van der Waals surface area contributed by atoms with Gasteiger partial charge in [-0.15, -0.1) is 0 Å². The SMILES string of the molecule is O=C(O)C1(c2ccc(Nc3cccc(Cl)c3)cc2)CC(F)(F)C1. The van der Waals surface area contributed by atoms with Gasteiger partial charge in [-0.25, -0.2) is 8.78 Å². The average Bonchev–Trinajstić information content (AvgIpc) is 2.45. The van der Waals surface area contributed by atoms with Crippen LogP contribution in [-0.4, -0.2) is 17.0 Å². The zero-order valence-corrected chi connectivity index (χ0v) is 12.8. The summed E-state index contributed by atoms with van der Waals surface area (Å²) in [4.78, 5) is 11.4. The summed E-state index contributed by atoms with van der Waals surface area (Å²) in [6.07, 6.45) is -1.31. The molecule has 1 fully saturated rings. The second-order valence-corrected chi connectivity index (χ2v) is 6.25. The van der Waals surface area contributed by atoms with Crippen LogP contribution in [0.15, 0.2) is 48.5 Å². The van der Waals surface area contributed by atoms with Crippen LogP contribution in [0.4, 0.5) is 20.2 Å². The molecule has 0 aliphatic heterocycles. The summed E-state index contributed by atoms with van der Waals surface area (Å²) in [5.74, 6) is -4.12. The summed E-state index contributed by atoms with van der Waals surface area (Å²) >= 11 is 5.91. The fraction of sp³-hybridized carbons (Fsp3) is 0.235. The molecule has 3 nitrogen and oxygen atoms in total. The molecule has 3 rings (SSSR count). The Balaban J connectivity index is 1.81. The molecule has 6 heteroatoms. The second-order valence-electron chi connectivity index (χ2n) is 5.81. The van der Waals surface area contributed by atoms with E-state index in [1.54, 1.807) is 42.5 Å². The highest BCUT2D eigenvalue weighted by atomic mass is 35.5. The van der Waals surface area contributed by atoms with E-state index in [-0.39, 0.29) is 0 Å². The molecule has 2 aromatic carbocycles. The normalized spacial score (nSPS) is 18.0. The minimum atomic E-state index is -2.91. The first-order valence-corrected chi connectivity index (χ1v) is 7.43. The molecule has 2 aromatic rings. The molecule has 2 N–H and O–H groups in total. The Bertz CT molecular complexity index is 739. The van der Waals surface area contributed by atoms with E-state index in [0.717, 1.165) is 11.4 Å². The van der Waals surface area contributed by atoms with Gasteiger partial charge in [-0.1, -0.05) is 29.8 Å². The van der Waals surface area contributed by atoms with E-state index < -0.39 is 30.1 Å². The molecular formula is C17H14ClF2NO2. The highest BCUT2D eigenvalue weighted by molar-refractivity contribution is 6.30. The van der Waals surface area contributed by atoms with Crippen molar-refractivity contribution in [3.05, 3.63) is 59.1 Å². The summed E-state index contributed by atoms with van der Waals surface area (Å²) < 4.78 is 26.4. The molecule has 120 valence electrons. The number of aliphatic carboxylic acids is 1. The minimum Gasteiger partial charge on any atom is -0.481 e. The second kappa shape index (κ2) is 5.49. The van der Waals surface area contributed by atoms with E-state index in [2.05, 4.69) is 5.32 Å². The van der Waals surface area contributed by atoms with Gasteiger partial charge in [0.05, 0.1) is 0 Å². The zero-order valence-electron chi connectivity index (χ0n) is 12.0. The first-order valence-electron chi connectivity index (χ1n) is 7.05. The van der Waals surface area contributed by atoms with Gasteiger partial charge in [-0.3, -0.25) is 4.79 Å². The van der Waals surface area contributed by atoms with E-state index in [4.69, 9.17) is 11.6 Å². The third-order valence-electron chi connectivity index (χ3n) is 4.08. The summed E-state index contributed by atoms with van der Waals surface area (Å²) in [6, 6.07) is 13.7. The van der Waals surface area contributed by atoms with Gasteiger partial charge in [-0.05, 0) is 35.9 Å². The number of carboxylic acid groups (broad SMARTS) is 1. The summed E-state index contributed by atoms with van der Waals surface area (Å²) in [6.45, 7) is 0. The van der Waals surface area contributed by atoms with Crippen molar-refractivity contribution in [1.82, 2.24) is 0 Å². The molecule has 1 aliphatic carbocycles. The molecule has 0 saturated heterocycles. The summed E-state index contributed by atoms with van der Waals surface area (Å²) in [5.41, 5.74) is 0.418. The number of halogens is 3. The highest BCUT2D eigenvalue weighted by Crippen LogP contribution is 2.53. The standard InChI is InChI=1S/C17H14ClF2NO2/c18-12-2-1-3-14(8-12)21-13-6-4-11(5-7-13)16(15(22)23)9-17(19,20)10-16/h1-8,21H,9-10H2,(H,22,23). The molecule has 1 saturated carbocycles. The van der Waals surface area contributed by atoms with Crippen molar-refractivity contribution < 1.29 is 18.7 Å². The van der Waals surface area contributed by atoms with Gasteiger partial charge in [0.2, 0.25) is 0 Å². The number of alkyl halides is 2. The number of benzene rings is 2. The predicted molar refractivity (Wildman–Crippen MR) is 84.7 cm³/mol. The lowest BCUT2D eigenvalue weighted by Gasteiger charge is -2.44. The van der Waals surface area contributed by atoms with Gasteiger partial charge in [-0.2, -0.15) is 0 Å². The van der Waals surface area contributed by atoms with Gasteiger partial charge in [0.1, 0.15) is 5.41 Å². The first-order chi connectivity index (χ1) is 10.8. The molecular weight excluding hydrogens is 324 g/mol. The topological polar surface area (TPSA) is 49.3 Å². The van der Waals surface area contributed by atoms with E-state index in [0.29, 0.717) is 10.6 Å². The maximum Gasteiger partial charge on any atom is 0.314 e. The van der Waals surface area contributed by atoms with E-state index in [1.807, 2.05) is 6.07 Å². The number of carboxylic acids is 1. The van der Waals surface area contributed by atoms with Crippen LogP contribution in [0.1, 0.15) is 18.4 Å². The summed E-state index contributed by atoms with van der Waals surface area (Å²) in [7, 11) is 0. The van der Waals surface area contributed by atoms with Crippen LogP contribution in [0.25, 0.3) is 0 Å². The van der Waals surface area contributed by atoms with Gasteiger partial charge >= 0.3 is 5.97 Å². The van der Waals surface area contributed by atoms with Crippen LogP contribution in [0.3, 0.4) is 0 Å². The van der Waals surface area contributed by atoms with Crippen molar-refractivity contribution in [2.24, 2.45) is 0 Å². The maximum atomic E-state index is 13.2. The van der Waals surface area contributed by atoms with E-state index >= 15 is 0 Å². The number of carbonyl (C=O) groups is 1. The van der Waals surface area contributed by atoms with Crippen molar-refractivity contribution in [2.45, 2.75) is 24.2 Å². The molecule has 0 amide bonds. The van der Waals surface area contributed by atoms with Crippen LogP contribution < -0.4 is 5.32 Å². The quantitative estimate of drug-likeness (QED) is 0.839. The number of nitrogens with one attached hydrogen (secondary N) is 1. The number of hydrogen-bond acceptors (Lipinski definition) is 2. The van der Waals surface area contributed by atoms with Gasteiger partial charge in [0.15, 0.2) is 0 Å². The van der Waals surface area contributed by atoms with Crippen LogP contribution in [0.2, 0.25) is 5.02 Å². The molecule has 0 heterocycles. The Labute approximate surface area is 136 Å². The lowest BCUT2D eigenvalue weighted by atomic mass is 9.62. The monoisotopic (exact) mass is 337 g/mol. The van der Waals surface area contributed by atoms with Crippen LogP contribution in [0, 0.1) is 0 Å². The Morgan fingerprint density at radius 1 is 1.09 bits per heavy atom. The smallest absolute Gasteiger partial charge is 0.314 e. The number of anilines is 2. The summed E-state index contributed by atoms with van der Waals surface area (Å²) in [5, 5.41) is 13.1. The van der Waals surface area contributed by atoms with Crippen molar-refractivity contribution in [3.63, 3.8) is 0 Å². The molecule has 0 unspecified atom stereocenters. The van der Waals surface area contributed by atoms with Crippen LogP contribution in [-0.2, 0) is 10.2 Å². The molecule has 0 atom stereocenters. The van der Waals surface area contributed by atoms with Crippen molar-refractivity contribution in [2.75, 3.05) is 5.32 Å². The third-order valence-corrected chi connectivity index (χ3v) is 4.32. The Morgan fingerprint density at radius 3 is 2.26 bits per heavy atom. The molecule has 1 aliphatic rings. The number of hydrogen-bond donors (Lipinski definition) is 2. The average molecular weight is 338 g/mol. The molecule has 23 heavy (non-hydrogen) atoms. The Morgan fingerprint density at radius 2 is 1.74 bits per heavy atom. The maximum absolute atomic E-state index is 13.2. The van der Waals surface area contributed by atoms with Crippen LogP contribution >= 0.6 is 11.6 Å².